The van der Waals surface area contributed by atoms with Gasteiger partial charge in [0.1, 0.15) is 11.8 Å². The lowest BCUT2D eigenvalue weighted by molar-refractivity contribution is -0.135. The molecule has 2 rings (SSSR count). The summed E-state index contributed by atoms with van der Waals surface area (Å²) < 4.78 is 11.0. The van der Waals surface area contributed by atoms with Crippen LogP contribution in [-0.2, 0) is 20.9 Å². The Morgan fingerprint density at radius 3 is 2.34 bits per heavy atom. The number of amides is 2. The van der Waals surface area contributed by atoms with Crippen LogP contribution in [0.2, 0.25) is 0 Å². The molecule has 6 heteroatoms. The molecule has 1 aliphatic carbocycles. The Bertz CT molecular complexity index is 646. The minimum Gasteiger partial charge on any atom is -0.497 e. The van der Waals surface area contributed by atoms with Crippen molar-refractivity contribution in [1.29, 1.82) is 0 Å². The van der Waals surface area contributed by atoms with E-state index in [1.54, 1.807) is 7.11 Å². The van der Waals surface area contributed by atoms with Gasteiger partial charge in [0.15, 0.2) is 0 Å². The van der Waals surface area contributed by atoms with Gasteiger partial charge in [0.25, 0.3) is 0 Å². The summed E-state index contributed by atoms with van der Waals surface area (Å²) in [6.07, 6.45) is 6.17. The van der Waals surface area contributed by atoms with Gasteiger partial charge in [-0.3, -0.25) is 9.59 Å². The number of carbonyl (C=O) groups excluding carboxylic acids is 2. The monoisotopic (exact) mass is 404 g/mol. The number of methoxy groups -OCH3 is 1. The highest BCUT2D eigenvalue weighted by Crippen LogP contribution is 2.23. The van der Waals surface area contributed by atoms with Crippen molar-refractivity contribution in [2.45, 2.75) is 65.5 Å². The fourth-order valence-corrected chi connectivity index (χ4v) is 3.32. The van der Waals surface area contributed by atoms with Gasteiger partial charge in [-0.1, -0.05) is 52.2 Å². The highest BCUT2D eigenvalue weighted by atomic mass is 16.5. The lowest BCUT2D eigenvalue weighted by atomic mass is 9.90. The third kappa shape index (κ3) is 8.05. The van der Waals surface area contributed by atoms with Crippen molar-refractivity contribution in [2.75, 3.05) is 20.3 Å². The molecule has 0 aliphatic heterocycles. The Hall–Kier alpha value is -2.08. The van der Waals surface area contributed by atoms with E-state index in [0.29, 0.717) is 19.1 Å². The molecule has 1 atom stereocenters. The van der Waals surface area contributed by atoms with Crippen molar-refractivity contribution in [3.05, 3.63) is 29.8 Å². The number of ether oxygens (including phenoxy) is 2. The second kappa shape index (κ2) is 11.2. The van der Waals surface area contributed by atoms with Crippen LogP contribution in [-0.4, -0.2) is 38.2 Å². The van der Waals surface area contributed by atoms with Gasteiger partial charge in [-0.05, 0) is 36.5 Å². The molecule has 1 aliphatic rings. The molecule has 0 unspecified atom stereocenters. The fourth-order valence-electron chi connectivity index (χ4n) is 3.32. The van der Waals surface area contributed by atoms with Gasteiger partial charge in [0.2, 0.25) is 11.8 Å². The molecular weight excluding hydrogens is 368 g/mol. The smallest absolute Gasteiger partial charge is 0.245 e. The Morgan fingerprint density at radius 2 is 1.76 bits per heavy atom. The van der Waals surface area contributed by atoms with Crippen LogP contribution in [0, 0.1) is 11.3 Å². The second-order valence-corrected chi connectivity index (χ2v) is 8.88. The zero-order valence-electron chi connectivity index (χ0n) is 18.3. The van der Waals surface area contributed by atoms with Crippen molar-refractivity contribution < 1.29 is 19.1 Å². The van der Waals surface area contributed by atoms with E-state index in [9.17, 15) is 9.59 Å². The predicted octanol–water partition coefficient (Wildman–Crippen LogP) is 3.44. The van der Waals surface area contributed by atoms with Crippen molar-refractivity contribution in [3.63, 3.8) is 0 Å². The van der Waals surface area contributed by atoms with E-state index in [1.807, 2.05) is 45.0 Å². The first-order chi connectivity index (χ1) is 13.8. The van der Waals surface area contributed by atoms with Gasteiger partial charge >= 0.3 is 0 Å². The van der Waals surface area contributed by atoms with Crippen molar-refractivity contribution in [1.82, 2.24) is 10.6 Å². The molecule has 29 heavy (non-hydrogen) atoms. The maximum Gasteiger partial charge on any atom is 0.245 e. The van der Waals surface area contributed by atoms with Crippen LogP contribution in [0.5, 0.6) is 5.75 Å². The Morgan fingerprint density at radius 1 is 1.10 bits per heavy atom. The molecule has 0 aromatic heterocycles. The Kier molecular flexibility index (Phi) is 8.96. The highest BCUT2D eigenvalue weighted by Gasteiger charge is 2.28. The SMILES string of the molecule is COc1ccc(CNC(=O)[C@H](COCC2CCCCC2)NC(=O)C(C)(C)C)cc1. The molecule has 0 spiro atoms. The van der Waals surface area contributed by atoms with Crippen molar-refractivity contribution in [2.24, 2.45) is 11.3 Å². The normalized spacial score (nSPS) is 16.1. The van der Waals surface area contributed by atoms with E-state index < -0.39 is 11.5 Å². The van der Waals surface area contributed by atoms with Gasteiger partial charge in [-0.25, -0.2) is 0 Å². The zero-order valence-corrected chi connectivity index (χ0v) is 18.3. The molecule has 6 nitrogen and oxygen atoms in total. The van der Waals surface area contributed by atoms with Crippen LogP contribution in [0.4, 0.5) is 0 Å². The first-order valence-corrected chi connectivity index (χ1v) is 10.6. The maximum atomic E-state index is 12.8. The summed E-state index contributed by atoms with van der Waals surface area (Å²) in [5, 5.41) is 5.76. The summed E-state index contributed by atoms with van der Waals surface area (Å²) in [5.41, 5.74) is 0.390. The summed E-state index contributed by atoms with van der Waals surface area (Å²) in [5.74, 6) is 0.932. The van der Waals surface area contributed by atoms with E-state index in [0.717, 1.165) is 11.3 Å². The van der Waals surface area contributed by atoms with Crippen LogP contribution in [0.1, 0.15) is 58.4 Å². The third-order valence-electron chi connectivity index (χ3n) is 5.29. The van der Waals surface area contributed by atoms with Gasteiger partial charge in [-0.2, -0.15) is 0 Å². The third-order valence-corrected chi connectivity index (χ3v) is 5.29. The summed E-state index contributed by atoms with van der Waals surface area (Å²) >= 11 is 0. The van der Waals surface area contributed by atoms with Gasteiger partial charge < -0.3 is 20.1 Å². The number of hydrogen-bond donors (Lipinski definition) is 2. The van der Waals surface area contributed by atoms with E-state index >= 15 is 0 Å². The molecule has 2 N–H and O–H groups in total. The zero-order chi connectivity index (χ0) is 21.3. The second-order valence-electron chi connectivity index (χ2n) is 8.88. The number of rotatable bonds is 9. The molecule has 2 amide bonds. The fraction of sp³-hybridized carbons (Fsp3) is 0.652. The summed E-state index contributed by atoms with van der Waals surface area (Å²) in [6.45, 7) is 6.71. The minimum atomic E-state index is -0.705. The molecule has 0 saturated heterocycles. The lowest BCUT2D eigenvalue weighted by Gasteiger charge is -2.25. The predicted molar refractivity (Wildman–Crippen MR) is 114 cm³/mol. The summed E-state index contributed by atoms with van der Waals surface area (Å²) in [4.78, 5) is 25.2. The number of hydrogen-bond acceptors (Lipinski definition) is 4. The summed E-state index contributed by atoms with van der Waals surface area (Å²) in [6, 6.07) is 6.81. The topological polar surface area (TPSA) is 76.7 Å². The largest absolute Gasteiger partial charge is 0.497 e. The van der Waals surface area contributed by atoms with E-state index in [-0.39, 0.29) is 18.4 Å². The molecule has 1 fully saturated rings. The molecule has 0 heterocycles. The Balaban J connectivity index is 1.90. The molecule has 0 bridgehead atoms. The first kappa shape index (κ1) is 23.2. The van der Waals surface area contributed by atoms with Crippen molar-refractivity contribution >= 4 is 11.8 Å². The quantitative estimate of drug-likeness (QED) is 0.661. The van der Waals surface area contributed by atoms with Crippen LogP contribution in [0.3, 0.4) is 0 Å². The van der Waals surface area contributed by atoms with Crippen LogP contribution in [0.25, 0.3) is 0 Å². The lowest BCUT2D eigenvalue weighted by Crippen LogP contribution is -2.52. The number of carbonyl (C=O) groups is 2. The average Bonchev–Trinajstić information content (AvgIpc) is 2.71. The van der Waals surface area contributed by atoms with Crippen LogP contribution >= 0.6 is 0 Å². The number of benzene rings is 1. The summed E-state index contributed by atoms with van der Waals surface area (Å²) in [7, 11) is 1.62. The van der Waals surface area contributed by atoms with Crippen molar-refractivity contribution in [3.8, 4) is 5.75 Å². The Labute approximate surface area is 174 Å². The van der Waals surface area contributed by atoms with Crippen LogP contribution < -0.4 is 15.4 Å². The molecular formula is C23H36N2O4. The molecule has 162 valence electrons. The first-order valence-electron chi connectivity index (χ1n) is 10.6. The molecule has 1 saturated carbocycles. The van der Waals surface area contributed by atoms with Gasteiger partial charge in [0.05, 0.1) is 13.7 Å². The van der Waals surface area contributed by atoms with Gasteiger partial charge in [0, 0.05) is 18.6 Å². The maximum absolute atomic E-state index is 12.8. The highest BCUT2D eigenvalue weighted by molar-refractivity contribution is 5.89. The van der Waals surface area contributed by atoms with Crippen LogP contribution in [0.15, 0.2) is 24.3 Å². The molecule has 1 aromatic carbocycles. The molecule has 1 aromatic rings. The van der Waals surface area contributed by atoms with E-state index in [2.05, 4.69) is 10.6 Å². The standard InChI is InChI=1S/C23H36N2O4/c1-23(2,3)22(27)25-20(16-29-15-18-8-6-5-7-9-18)21(26)24-14-17-10-12-19(28-4)13-11-17/h10-13,18,20H,5-9,14-16H2,1-4H3,(H,24,26)(H,25,27)/t20-/m0/s1. The van der Waals surface area contributed by atoms with E-state index in [4.69, 9.17) is 9.47 Å². The average molecular weight is 405 g/mol. The minimum absolute atomic E-state index is 0.164. The number of nitrogens with one attached hydrogen (secondary N) is 2. The molecule has 0 radical (unpaired) electrons. The van der Waals surface area contributed by atoms with Gasteiger partial charge in [-0.15, -0.1) is 0 Å². The van der Waals surface area contributed by atoms with E-state index in [1.165, 1.54) is 32.1 Å².